The first-order valence-electron chi connectivity index (χ1n) is 6.29. The van der Waals surface area contributed by atoms with Gasteiger partial charge in [-0.25, -0.2) is 0 Å². The molecule has 0 aliphatic carbocycles. The minimum Gasteiger partial charge on any atom is -0.391 e. The van der Waals surface area contributed by atoms with Gasteiger partial charge in [-0.05, 0) is 17.5 Å². The monoisotopic (exact) mass is 322 g/mol. The van der Waals surface area contributed by atoms with E-state index in [9.17, 15) is 5.11 Å². The van der Waals surface area contributed by atoms with Gasteiger partial charge in [0.15, 0.2) is 5.17 Å². The summed E-state index contributed by atoms with van der Waals surface area (Å²) in [4.78, 5) is 7.66. The number of aliphatic hydroxyl groups is 1. The largest absolute Gasteiger partial charge is 0.391 e. The van der Waals surface area contributed by atoms with Gasteiger partial charge in [-0.1, -0.05) is 29.4 Å². The number of aliphatic hydroxyl groups excluding tert-OH is 1. The lowest BCUT2D eigenvalue weighted by Gasteiger charge is -2.18. The molecule has 0 fully saturated rings. The van der Waals surface area contributed by atoms with Crippen molar-refractivity contribution in [2.75, 3.05) is 19.7 Å². The van der Waals surface area contributed by atoms with Crippen molar-refractivity contribution in [3.8, 4) is 0 Å². The molecule has 20 heavy (non-hydrogen) atoms. The molecule has 0 bridgehead atoms. The summed E-state index contributed by atoms with van der Waals surface area (Å²) in [6, 6.07) is 6.08. The molecule has 102 valence electrons. The molecule has 4 rings (SSSR count). The van der Waals surface area contributed by atoms with E-state index >= 15 is 0 Å². The van der Waals surface area contributed by atoms with Crippen molar-refractivity contribution in [3.63, 3.8) is 0 Å². The third kappa shape index (κ3) is 1.74. The molecule has 2 aliphatic rings. The van der Waals surface area contributed by atoms with Gasteiger partial charge in [0.1, 0.15) is 0 Å². The molecule has 1 aromatic heterocycles. The van der Waals surface area contributed by atoms with Crippen LogP contribution in [-0.2, 0) is 0 Å². The number of halogens is 1. The van der Waals surface area contributed by atoms with Crippen LogP contribution < -0.4 is 0 Å². The van der Waals surface area contributed by atoms with Gasteiger partial charge in [0, 0.05) is 22.4 Å². The van der Waals surface area contributed by atoms with Crippen molar-refractivity contribution in [3.05, 3.63) is 39.1 Å². The maximum absolute atomic E-state index is 9.65. The zero-order chi connectivity index (χ0) is 13.7. The van der Waals surface area contributed by atoms with Gasteiger partial charge in [0.05, 0.1) is 28.6 Å². The second kappa shape index (κ2) is 4.77. The fourth-order valence-corrected chi connectivity index (χ4v) is 4.84. The van der Waals surface area contributed by atoms with Crippen LogP contribution in [0.25, 0.3) is 15.8 Å². The number of thioether (sulfide) groups is 1. The number of benzene rings is 1. The number of fused-ring (bicyclic) bond motifs is 2. The Bertz CT molecular complexity index is 766. The Morgan fingerprint density at radius 2 is 2.25 bits per heavy atom. The molecule has 0 spiro atoms. The molecule has 1 N–H and O–H groups in total. The smallest absolute Gasteiger partial charge is 0.168 e. The zero-order valence-corrected chi connectivity index (χ0v) is 12.9. The minimum atomic E-state index is 0.0454. The number of aliphatic imine (C=N–C) groups is 1. The molecule has 0 atom stereocenters. The van der Waals surface area contributed by atoms with Crippen LogP contribution in [0.15, 0.2) is 33.5 Å². The second-order valence-corrected chi connectivity index (χ2v) is 6.99. The summed E-state index contributed by atoms with van der Waals surface area (Å²) in [5, 5.41) is 14.6. The van der Waals surface area contributed by atoms with Crippen LogP contribution in [0, 0.1) is 0 Å². The average molecular weight is 323 g/mol. The summed E-state index contributed by atoms with van der Waals surface area (Å²) in [5.41, 5.74) is 2.23. The molecule has 1 aromatic carbocycles. The van der Waals surface area contributed by atoms with E-state index in [1.807, 2.05) is 12.1 Å². The van der Waals surface area contributed by atoms with Crippen LogP contribution in [0.1, 0.15) is 5.56 Å². The van der Waals surface area contributed by atoms with E-state index in [2.05, 4.69) is 21.3 Å². The molecule has 3 nitrogen and oxygen atoms in total. The molecular weight excluding hydrogens is 312 g/mol. The third-order valence-corrected chi connectivity index (χ3v) is 5.99. The molecule has 0 unspecified atom stereocenters. The highest BCUT2D eigenvalue weighted by Gasteiger charge is 2.33. The third-order valence-electron chi connectivity index (χ3n) is 3.52. The quantitative estimate of drug-likeness (QED) is 0.917. The van der Waals surface area contributed by atoms with Gasteiger partial charge in [0.2, 0.25) is 0 Å². The molecule has 0 radical (unpaired) electrons. The van der Waals surface area contributed by atoms with E-state index in [-0.39, 0.29) is 6.61 Å². The van der Waals surface area contributed by atoms with Crippen molar-refractivity contribution in [2.24, 2.45) is 4.99 Å². The highest BCUT2D eigenvalue weighted by Crippen LogP contribution is 2.44. The Morgan fingerprint density at radius 3 is 3.10 bits per heavy atom. The van der Waals surface area contributed by atoms with Crippen molar-refractivity contribution in [1.29, 1.82) is 0 Å². The van der Waals surface area contributed by atoms with E-state index in [4.69, 9.17) is 11.6 Å². The van der Waals surface area contributed by atoms with Gasteiger partial charge in [-0.2, -0.15) is 0 Å². The summed E-state index contributed by atoms with van der Waals surface area (Å²) in [6.45, 7) is 1.75. The number of thiophene rings is 1. The summed E-state index contributed by atoms with van der Waals surface area (Å²) < 4.78 is 1.10. The average Bonchev–Trinajstić information content (AvgIpc) is 3.14. The molecule has 0 saturated carbocycles. The van der Waals surface area contributed by atoms with Crippen molar-refractivity contribution >= 4 is 55.7 Å². The molecular formula is C14H11ClN2OS2. The maximum atomic E-state index is 9.65. The Hall–Kier alpha value is -1.01. The predicted octanol–water partition coefficient (Wildman–Crippen LogP) is 3.63. The van der Waals surface area contributed by atoms with Crippen LogP contribution in [0.4, 0.5) is 0 Å². The SMILES string of the molecule is OCC1=C(c2ccc(Cl)c3sccc23)N2CCN=C2S1. The van der Waals surface area contributed by atoms with Crippen LogP contribution >= 0.6 is 34.7 Å². The number of rotatable bonds is 2. The van der Waals surface area contributed by atoms with Gasteiger partial charge in [-0.15, -0.1) is 11.3 Å². The van der Waals surface area contributed by atoms with E-state index in [0.29, 0.717) is 0 Å². The van der Waals surface area contributed by atoms with Gasteiger partial charge < -0.3 is 10.0 Å². The number of nitrogens with zero attached hydrogens (tertiary/aromatic N) is 2. The molecule has 0 amide bonds. The van der Waals surface area contributed by atoms with E-state index in [1.54, 1.807) is 23.1 Å². The highest BCUT2D eigenvalue weighted by atomic mass is 35.5. The van der Waals surface area contributed by atoms with Gasteiger partial charge >= 0.3 is 0 Å². The fraction of sp³-hybridized carbons (Fsp3) is 0.214. The summed E-state index contributed by atoms with van der Waals surface area (Å²) >= 11 is 9.48. The van der Waals surface area contributed by atoms with Crippen LogP contribution in [0.5, 0.6) is 0 Å². The first-order valence-corrected chi connectivity index (χ1v) is 8.37. The normalized spacial score (nSPS) is 18.1. The van der Waals surface area contributed by atoms with Crippen LogP contribution in [0.3, 0.4) is 0 Å². The Kier molecular flexibility index (Phi) is 3.03. The zero-order valence-electron chi connectivity index (χ0n) is 10.5. The first-order chi connectivity index (χ1) is 9.79. The number of amidine groups is 1. The Morgan fingerprint density at radius 1 is 1.35 bits per heavy atom. The topological polar surface area (TPSA) is 35.8 Å². The lowest BCUT2D eigenvalue weighted by Crippen LogP contribution is -2.20. The second-order valence-electron chi connectivity index (χ2n) is 4.61. The van der Waals surface area contributed by atoms with Crippen molar-refractivity contribution in [1.82, 2.24) is 4.90 Å². The summed E-state index contributed by atoms with van der Waals surface area (Å²) in [6.07, 6.45) is 0. The Balaban J connectivity index is 1.96. The van der Waals surface area contributed by atoms with Crippen molar-refractivity contribution < 1.29 is 5.11 Å². The lowest BCUT2D eigenvalue weighted by atomic mass is 10.1. The van der Waals surface area contributed by atoms with E-state index < -0.39 is 0 Å². The fourth-order valence-electron chi connectivity index (χ4n) is 2.67. The maximum Gasteiger partial charge on any atom is 0.168 e. The van der Waals surface area contributed by atoms with E-state index in [1.165, 1.54) is 0 Å². The summed E-state index contributed by atoms with van der Waals surface area (Å²) in [5.74, 6) is 0. The highest BCUT2D eigenvalue weighted by molar-refractivity contribution is 8.17. The van der Waals surface area contributed by atoms with Crippen molar-refractivity contribution in [2.45, 2.75) is 0 Å². The van der Waals surface area contributed by atoms with Gasteiger partial charge in [0.25, 0.3) is 0 Å². The molecule has 2 aromatic rings. The molecule has 0 saturated heterocycles. The van der Waals surface area contributed by atoms with Crippen LogP contribution in [0.2, 0.25) is 5.02 Å². The Labute approximate surface area is 129 Å². The standard InChI is InChI=1S/C14H11ClN2OS2/c15-10-2-1-8(9-3-6-19-13(9)10)12-11(7-18)20-14-16-4-5-17(12)14/h1-3,6,18H,4-5,7H2. The first kappa shape index (κ1) is 12.7. The summed E-state index contributed by atoms with van der Waals surface area (Å²) in [7, 11) is 0. The number of hydrogen-bond donors (Lipinski definition) is 1. The number of hydrogen-bond acceptors (Lipinski definition) is 5. The van der Waals surface area contributed by atoms with Crippen LogP contribution in [-0.4, -0.2) is 34.9 Å². The van der Waals surface area contributed by atoms with E-state index in [0.717, 1.165) is 49.5 Å². The molecule has 6 heteroatoms. The predicted molar refractivity (Wildman–Crippen MR) is 87.4 cm³/mol. The molecule has 3 heterocycles. The minimum absolute atomic E-state index is 0.0454. The lowest BCUT2D eigenvalue weighted by molar-refractivity contribution is 0.339. The molecule has 2 aliphatic heterocycles. The van der Waals surface area contributed by atoms with Gasteiger partial charge in [-0.3, -0.25) is 4.99 Å².